The van der Waals surface area contributed by atoms with Gasteiger partial charge in [-0.15, -0.1) is 0 Å². The maximum Gasteiger partial charge on any atom is 0.252 e. The third-order valence-corrected chi connectivity index (χ3v) is 3.64. The van der Waals surface area contributed by atoms with Gasteiger partial charge in [0.15, 0.2) is 0 Å². The summed E-state index contributed by atoms with van der Waals surface area (Å²) in [5.74, 6) is -0.112. The highest BCUT2D eigenvalue weighted by Gasteiger charge is 2.11. The zero-order valence-corrected chi connectivity index (χ0v) is 12.7. The third kappa shape index (κ3) is 3.23. The van der Waals surface area contributed by atoms with Crippen molar-refractivity contribution in [2.75, 3.05) is 0 Å². The largest absolute Gasteiger partial charge is 0.508 e. The summed E-state index contributed by atoms with van der Waals surface area (Å²) >= 11 is 0. The van der Waals surface area contributed by atoms with Gasteiger partial charge in [-0.3, -0.25) is 4.79 Å². The monoisotopic (exact) mass is 307 g/mol. The van der Waals surface area contributed by atoms with Crippen LogP contribution >= 0.6 is 0 Å². The molecule has 0 bridgehead atoms. The summed E-state index contributed by atoms with van der Waals surface area (Å²) in [4.78, 5) is 12.2. The number of nitrogens with zero attached hydrogens (tertiary/aromatic N) is 2. The Morgan fingerprint density at radius 3 is 2.70 bits per heavy atom. The number of para-hydroxylation sites is 1. The van der Waals surface area contributed by atoms with Crippen molar-refractivity contribution in [3.05, 3.63) is 77.6 Å². The Kier molecular flexibility index (Phi) is 4.10. The highest BCUT2D eigenvalue weighted by Crippen LogP contribution is 2.19. The fraction of sp³-hybridized carbons (Fsp3) is 0.111. The molecule has 0 spiro atoms. The van der Waals surface area contributed by atoms with E-state index in [1.54, 1.807) is 29.8 Å². The molecule has 0 saturated heterocycles. The molecule has 3 rings (SSSR count). The molecule has 0 unspecified atom stereocenters. The van der Waals surface area contributed by atoms with E-state index in [0.717, 1.165) is 11.4 Å². The number of amides is 1. The summed E-state index contributed by atoms with van der Waals surface area (Å²) in [5.41, 5.74) is 2.77. The van der Waals surface area contributed by atoms with Crippen LogP contribution in [-0.2, 0) is 6.54 Å². The van der Waals surface area contributed by atoms with E-state index in [-0.39, 0.29) is 11.7 Å². The number of carbonyl (C=O) groups is 1. The molecule has 2 aromatic carbocycles. The first kappa shape index (κ1) is 14.8. The first-order valence-electron chi connectivity index (χ1n) is 7.32. The number of hydrogen-bond donors (Lipinski definition) is 2. The molecule has 5 heteroatoms. The quantitative estimate of drug-likeness (QED) is 0.779. The van der Waals surface area contributed by atoms with E-state index in [0.29, 0.717) is 17.7 Å². The molecule has 23 heavy (non-hydrogen) atoms. The molecule has 2 N–H and O–H groups in total. The van der Waals surface area contributed by atoms with Crippen molar-refractivity contribution in [3.63, 3.8) is 0 Å². The van der Waals surface area contributed by atoms with Gasteiger partial charge in [0.25, 0.3) is 5.91 Å². The summed E-state index contributed by atoms with van der Waals surface area (Å²) in [7, 11) is 0. The first-order chi connectivity index (χ1) is 11.1. The van der Waals surface area contributed by atoms with Gasteiger partial charge in [-0.05, 0) is 37.3 Å². The van der Waals surface area contributed by atoms with Gasteiger partial charge in [-0.1, -0.05) is 24.3 Å². The van der Waals surface area contributed by atoms with Crippen molar-refractivity contribution in [2.45, 2.75) is 13.5 Å². The summed E-state index contributed by atoms with van der Waals surface area (Å²) < 4.78 is 1.76. The number of carbonyl (C=O) groups excluding carboxylic acids is 1. The predicted molar refractivity (Wildman–Crippen MR) is 87.6 cm³/mol. The maximum atomic E-state index is 12.2. The topological polar surface area (TPSA) is 67.2 Å². The van der Waals surface area contributed by atoms with E-state index < -0.39 is 0 Å². The lowest BCUT2D eigenvalue weighted by Crippen LogP contribution is -2.23. The van der Waals surface area contributed by atoms with Crippen LogP contribution < -0.4 is 5.32 Å². The molecule has 0 saturated carbocycles. The molecule has 1 heterocycles. The van der Waals surface area contributed by atoms with E-state index in [4.69, 9.17) is 0 Å². The summed E-state index contributed by atoms with van der Waals surface area (Å²) in [6, 6.07) is 16.5. The molecule has 1 amide bonds. The number of phenols is 1. The fourth-order valence-corrected chi connectivity index (χ4v) is 2.32. The molecule has 0 aliphatic rings. The van der Waals surface area contributed by atoms with Crippen molar-refractivity contribution in [1.82, 2.24) is 15.1 Å². The van der Waals surface area contributed by atoms with Gasteiger partial charge in [-0.2, -0.15) is 5.10 Å². The fourth-order valence-electron chi connectivity index (χ4n) is 2.32. The van der Waals surface area contributed by atoms with Crippen molar-refractivity contribution in [2.24, 2.45) is 0 Å². The lowest BCUT2D eigenvalue weighted by atomic mass is 10.1. The molecule has 0 aliphatic heterocycles. The van der Waals surface area contributed by atoms with E-state index in [9.17, 15) is 9.90 Å². The Bertz CT molecular complexity index is 825. The molecule has 3 aromatic rings. The minimum absolute atomic E-state index is 0.117. The first-order valence-corrected chi connectivity index (χ1v) is 7.32. The minimum Gasteiger partial charge on any atom is -0.508 e. The van der Waals surface area contributed by atoms with E-state index in [2.05, 4.69) is 10.4 Å². The van der Waals surface area contributed by atoms with Gasteiger partial charge in [0.1, 0.15) is 5.75 Å². The lowest BCUT2D eigenvalue weighted by Gasteiger charge is -2.07. The number of phenolic OH excluding ortho intramolecular Hbond substituents is 1. The van der Waals surface area contributed by atoms with Gasteiger partial charge < -0.3 is 10.4 Å². The number of aromatic hydroxyl groups is 1. The maximum absolute atomic E-state index is 12.2. The van der Waals surface area contributed by atoms with E-state index in [1.807, 2.05) is 42.6 Å². The lowest BCUT2D eigenvalue weighted by molar-refractivity contribution is 0.0949. The second kappa shape index (κ2) is 6.36. The van der Waals surface area contributed by atoms with Gasteiger partial charge in [0.2, 0.25) is 0 Å². The highest BCUT2D eigenvalue weighted by molar-refractivity contribution is 5.96. The number of nitrogens with one attached hydrogen (secondary N) is 1. The molecular weight excluding hydrogens is 290 g/mol. The second-order valence-electron chi connectivity index (χ2n) is 5.22. The Morgan fingerprint density at radius 1 is 1.13 bits per heavy atom. The molecule has 0 atom stereocenters. The molecule has 5 nitrogen and oxygen atoms in total. The number of rotatable bonds is 4. The summed E-state index contributed by atoms with van der Waals surface area (Å²) in [5, 5.41) is 16.9. The summed E-state index contributed by atoms with van der Waals surface area (Å²) in [6.07, 6.45) is 1.86. The number of hydrogen-bond acceptors (Lipinski definition) is 3. The van der Waals surface area contributed by atoms with Gasteiger partial charge >= 0.3 is 0 Å². The van der Waals surface area contributed by atoms with Crippen LogP contribution in [0.4, 0.5) is 0 Å². The van der Waals surface area contributed by atoms with Gasteiger partial charge in [-0.25, -0.2) is 4.68 Å². The van der Waals surface area contributed by atoms with Crippen LogP contribution in [0, 0.1) is 6.92 Å². The van der Waals surface area contributed by atoms with E-state index >= 15 is 0 Å². The average Bonchev–Trinajstić information content (AvgIpc) is 3.05. The van der Waals surface area contributed by atoms with Crippen molar-refractivity contribution in [1.29, 1.82) is 0 Å². The predicted octanol–water partition coefficient (Wildman–Crippen LogP) is 2.82. The van der Waals surface area contributed by atoms with Crippen molar-refractivity contribution >= 4 is 5.91 Å². The van der Waals surface area contributed by atoms with Crippen LogP contribution in [0.15, 0.2) is 60.8 Å². The zero-order valence-electron chi connectivity index (χ0n) is 12.7. The van der Waals surface area contributed by atoms with Crippen molar-refractivity contribution < 1.29 is 9.90 Å². The zero-order chi connectivity index (χ0) is 16.2. The highest BCUT2D eigenvalue weighted by atomic mass is 16.3. The normalized spacial score (nSPS) is 10.5. The second-order valence-corrected chi connectivity index (χ2v) is 5.22. The number of aromatic nitrogens is 2. The third-order valence-electron chi connectivity index (χ3n) is 3.64. The Morgan fingerprint density at radius 2 is 1.91 bits per heavy atom. The molecular formula is C18H17N3O2. The van der Waals surface area contributed by atoms with E-state index in [1.165, 1.54) is 0 Å². The molecule has 1 aromatic heterocycles. The Hall–Kier alpha value is -3.08. The van der Waals surface area contributed by atoms with Crippen LogP contribution in [-0.4, -0.2) is 20.8 Å². The summed E-state index contributed by atoms with van der Waals surface area (Å²) in [6.45, 7) is 2.04. The SMILES string of the molecule is Cc1c(O)cccc1C(=O)NCc1ccn(-c2ccccc2)n1. The van der Waals surface area contributed by atoms with Crippen LogP contribution in [0.2, 0.25) is 0 Å². The molecule has 0 aliphatic carbocycles. The molecule has 116 valence electrons. The Labute approximate surface area is 134 Å². The van der Waals surface area contributed by atoms with Crippen LogP contribution in [0.3, 0.4) is 0 Å². The average molecular weight is 307 g/mol. The van der Waals surface area contributed by atoms with Crippen LogP contribution in [0.5, 0.6) is 5.75 Å². The smallest absolute Gasteiger partial charge is 0.252 e. The molecule has 0 radical (unpaired) electrons. The van der Waals surface area contributed by atoms with Gasteiger partial charge in [0.05, 0.1) is 17.9 Å². The standard InChI is InChI=1S/C18H17N3O2/c1-13-16(8-5-9-17(13)22)18(23)19-12-14-10-11-21(20-14)15-6-3-2-4-7-15/h2-11,22H,12H2,1H3,(H,19,23). The van der Waals surface area contributed by atoms with Crippen LogP contribution in [0.25, 0.3) is 5.69 Å². The number of benzene rings is 2. The van der Waals surface area contributed by atoms with Crippen LogP contribution in [0.1, 0.15) is 21.6 Å². The van der Waals surface area contributed by atoms with Gasteiger partial charge in [0, 0.05) is 17.3 Å². The minimum atomic E-state index is -0.229. The molecule has 0 fully saturated rings. The Balaban J connectivity index is 1.68. The van der Waals surface area contributed by atoms with Crippen molar-refractivity contribution in [3.8, 4) is 11.4 Å².